The van der Waals surface area contributed by atoms with Crippen molar-refractivity contribution in [1.82, 2.24) is 5.32 Å². The largest absolute Gasteiger partial charge is 0.508 e. The predicted molar refractivity (Wildman–Crippen MR) is 70.5 cm³/mol. The maximum absolute atomic E-state index is 11.3. The summed E-state index contributed by atoms with van der Waals surface area (Å²) in [7, 11) is 1.37. The monoisotopic (exact) mass is 251 g/mol. The fourth-order valence-electron chi connectivity index (χ4n) is 1.94. The highest BCUT2D eigenvalue weighted by Gasteiger charge is 2.15. The zero-order valence-corrected chi connectivity index (χ0v) is 11.4. The molecule has 0 fully saturated rings. The van der Waals surface area contributed by atoms with Gasteiger partial charge in [-0.1, -0.05) is 26.0 Å². The van der Waals surface area contributed by atoms with Crippen LogP contribution in [0.2, 0.25) is 0 Å². The van der Waals surface area contributed by atoms with E-state index in [4.69, 9.17) is 0 Å². The summed E-state index contributed by atoms with van der Waals surface area (Å²) >= 11 is 0. The van der Waals surface area contributed by atoms with Crippen molar-refractivity contribution in [3.8, 4) is 5.75 Å². The molecule has 4 heteroatoms. The molecule has 0 heterocycles. The van der Waals surface area contributed by atoms with Gasteiger partial charge in [0.1, 0.15) is 11.8 Å². The van der Waals surface area contributed by atoms with Crippen LogP contribution in [0.4, 0.5) is 0 Å². The van der Waals surface area contributed by atoms with Crippen molar-refractivity contribution >= 4 is 5.97 Å². The summed E-state index contributed by atoms with van der Waals surface area (Å²) in [4.78, 5) is 11.3. The number of aromatic hydroxyl groups is 1. The number of nitrogens with one attached hydrogen (secondary N) is 1. The number of methoxy groups -OCH3 is 1. The van der Waals surface area contributed by atoms with E-state index in [1.165, 1.54) is 7.11 Å². The van der Waals surface area contributed by atoms with Gasteiger partial charge in [-0.2, -0.15) is 0 Å². The maximum Gasteiger partial charge on any atom is 0.322 e. The average molecular weight is 251 g/mol. The number of phenolic OH excluding ortho intramolecular Hbond substituents is 1. The predicted octanol–water partition coefficient (Wildman–Crippen LogP) is 2.17. The molecule has 1 atom stereocenters. The molecule has 18 heavy (non-hydrogen) atoms. The molecule has 0 saturated heterocycles. The highest BCUT2D eigenvalue weighted by molar-refractivity contribution is 5.75. The molecule has 0 bridgehead atoms. The molecule has 1 aromatic rings. The van der Waals surface area contributed by atoms with E-state index in [1.54, 1.807) is 19.1 Å². The number of phenols is 1. The zero-order valence-electron chi connectivity index (χ0n) is 11.4. The van der Waals surface area contributed by atoms with Crippen molar-refractivity contribution < 1.29 is 14.6 Å². The molecule has 0 aliphatic carbocycles. The highest BCUT2D eigenvalue weighted by atomic mass is 16.5. The zero-order chi connectivity index (χ0) is 13.7. The Kier molecular flexibility index (Phi) is 5.16. The third-order valence-electron chi connectivity index (χ3n) is 2.90. The first-order chi connectivity index (χ1) is 8.47. The van der Waals surface area contributed by atoms with Crippen LogP contribution in [0.1, 0.15) is 37.8 Å². The van der Waals surface area contributed by atoms with Gasteiger partial charge in [-0.15, -0.1) is 0 Å². The summed E-state index contributed by atoms with van der Waals surface area (Å²) in [6, 6.07) is 5.08. The van der Waals surface area contributed by atoms with Crippen LogP contribution in [0, 0.1) is 0 Å². The lowest BCUT2D eigenvalue weighted by Gasteiger charge is -2.17. The summed E-state index contributed by atoms with van der Waals surface area (Å²) in [6.07, 6.45) is 0. The maximum atomic E-state index is 11.3. The van der Waals surface area contributed by atoms with Crippen molar-refractivity contribution in [2.75, 3.05) is 7.11 Å². The molecule has 0 saturated carbocycles. The smallest absolute Gasteiger partial charge is 0.322 e. The molecule has 1 aromatic carbocycles. The Hall–Kier alpha value is -1.55. The summed E-state index contributed by atoms with van der Waals surface area (Å²) in [6.45, 7) is 6.34. The van der Waals surface area contributed by atoms with Gasteiger partial charge in [0.25, 0.3) is 0 Å². The molecule has 2 N–H and O–H groups in total. The molecule has 0 aromatic heterocycles. The Morgan fingerprint density at radius 2 is 2.06 bits per heavy atom. The van der Waals surface area contributed by atoms with E-state index in [2.05, 4.69) is 10.1 Å². The number of rotatable bonds is 5. The van der Waals surface area contributed by atoms with Crippen LogP contribution in [-0.4, -0.2) is 24.2 Å². The molecule has 0 spiro atoms. The quantitative estimate of drug-likeness (QED) is 0.787. The van der Waals surface area contributed by atoms with Gasteiger partial charge in [-0.05, 0) is 24.5 Å². The first-order valence-corrected chi connectivity index (χ1v) is 6.09. The third kappa shape index (κ3) is 3.47. The van der Waals surface area contributed by atoms with E-state index in [0.717, 1.165) is 11.1 Å². The van der Waals surface area contributed by atoms with E-state index in [1.807, 2.05) is 19.9 Å². The SMILES string of the molecule is COC(=O)[C@@H](C)NCc1cccc(O)c1C(C)C. The standard InChI is InChI=1S/C14H21NO3/c1-9(2)13-11(6-5-7-12(13)16)8-15-10(3)14(17)18-4/h5-7,9-10,15-16H,8H2,1-4H3/t10-/m1/s1. The van der Waals surface area contributed by atoms with Crippen molar-refractivity contribution in [1.29, 1.82) is 0 Å². The van der Waals surface area contributed by atoms with Crippen LogP contribution in [0.5, 0.6) is 5.75 Å². The number of esters is 1. The minimum Gasteiger partial charge on any atom is -0.508 e. The van der Waals surface area contributed by atoms with Crippen LogP contribution >= 0.6 is 0 Å². The third-order valence-corrected chi connectivity index (χ3v) is 2.90. The van der Waals surface area contributed by atoms with Crippen molar-refractivity contribution in [2.45, 2.75) is 39.3 Å². The van der Waals surface area contributed by atoms with Gasteiger partial charge >= 0.3 is 5.97 Å². The summed E-state index contributed by atoms with van der Waals surface area (Å²) in [5.41, 5.74) is 1.92. The Bertz CT molecular complexity index is 416. The average Bonchev–Trinajstić information content (AvgIpc) is 2.34. The Balaban J connectivity index is 2.79. The van der Waals surface area contributed by atoms with Crippen LogP contribution in [0.25, 0.3) is 0 Å². The minimum absolute atomic E-state index is 0.233. The number of benzene rings is 1. The first kappa shape index (κ1) is 14.5. The van der Waals surface area contributed by atoms with E-state index in [9.17, 15) is 9.90 Å². The van der Waals surface area contributed by atoms with Gasteiger partial charge in [-0.3, -0.25) is 4.79 Å². The Morgan fingerprint density at radius 3 is 2.61 bits per heavy atom. The second-order valence-electron chi connectivity index (χ2n) is 4.63. The van der Waals surface area contributed by atoms with Gasteiger partial charge in [-0.25, -0.2) is 0 Å². The van der Waals surface area contributed by atoms with Gasteiger partial charge in [0.2, 0.25) is 0 Å². The number of ether oxygens (including phenoxy) is 1. The second kappa shape index (κ2) is 6.40. The van der Waals surface area contributed by atoms with E-state index < -0.39 is 0 Å². The van der Waals surface area contributed by atoms with Crippen LogP contribution in [0.3, 0.4) is 0 Å². The van der Waals surface area contributed by atoms with Crippen LogP contribution < -0.4 is 5.32 Å². The van der Waals surface area contributed by atoms with Crippen molar-refractivity contribution in [3.05, 3.63) is 29.3 Å². The Morgan fingerprint density at radius 1 is 1.39 bits per heavy atom. The molecule has 4 nitrogen and oxygen atoms in total. The number of carbonyl (C=O) groups is 1. The molecule has 100 valence electrons. The molecular weight excluding hydrogens is 230 g/mol. The van der Waals surface area contributed by atoms with E-state index in [0.29, 0.717) is 12.3 Å². The molecule has 1 rings (SSSR count). The molecule has 0 aliphatic heterocycles. The van der Waals surface area contributed by atoms with E-state index in [-0.39, 0.29) is 17.9 Å². The summed E-state index contributed by atoms with van der Waals surface area (Å²) in [5.74, 6) is 0.243. The van der Waals surface area contributed by atoms with Gasteiger partial charge < -0.3 is 15.2 Å². The van der Waals surface area contributed by atoms with Gasteiger partial charge in [0.05, 0.1) is 7.11 Å². The normalized spacial score (nSPS) is 12.5. The fourth-order valence-corrected chi connectivity index (χ4v) is 1.94. The number of hydrogen-bond donors (Lipinski definition) is 2. The van der Waals surface area contributed by atoms with Crippen LogP contribution in [0.15, 0.2) is 18.2 Å². The topological polar surface area (TPSA) is 58.6 Å². The molecule has 0 unspecified atom stereocenters. The summed E-state index contributed by atoms with van der Waals surface area (Å²) < 4.78 is 4.65. The lowest BCUT2D eigenvalue weighted by molar-refractivity contribution is -0.142. The molecular formula is C14H21NO3. The lowest BCUT2D eigenvalue weighted by Crippen LogP contribution is -2.34. The highest BCUT2D eigenvalue weighted by Crippen LogP contribution is 2.28. The molecule has 0 radical (unpaired) electrons. The van der Waals surface area contributed by atoms with Gasteiger partial charge in [0, 0.05) is 12.1 Å². The number of carbonyl (C=O) groups excluding carboxylic acids is 1. The minimum atomic E-state index is -0.364. The van der Waals surface area contributed by atoms with Crippen molar-refractivity contribution in [3.63, 3.8) is 0 Å². The van der Waals surface area contributed by atoms with Crippen molar-refractivity contribution in [2.24, 2.45) is 0 Å². The first-order valence-electron chi connectivity index (χ1n) is 6.09. The number of hydrogen-bond acceptors (Lipinski definition) is 4. The second-order valence-corrected chi connectivity index (χ2v) is 4.63. The summed E-state index contributed by atoms with van der Waals surface area (Å²) in [5, 5.41) is 12.9. The fraction of sp³-hybridized carbons (Fsp3) is 0.500. The lowest BCUT2D eigenvalue weighted by atomic mass is 9.96. The van der Waals surface area contributed by atoms with E-state index >= 15 is 0 Å². The van der Waals surface area contributed by atoms with Gasteiger partial charge in [0.15, 0.2) is 0 Å². The molecule has 0 amide bonds. The van der Waals surface area contributed by atoms with Crippen LogP contribution in [-0.2, 0) is 16.1 Å². The Labute approximate surface area is 108 Å². The molecule has 0 aliphatic rings.